The Morgan fingerprint density at radius 3 is 2.70 bits per heavy atom. The summed E-state index contributed by atoms with van der Waals surface area (Å²) in [6, 6.07) is 12.9. The molecule has 0 amide bonds. The number of hydrogen-bond donors (Lipinski definition) is 1. The molecule has 138 valence electrons. The Balaban J connectivity index is 1.61. The highest BCUT2D eigenvalue weighted by molar-refractivity contribution is 7.90. The molecule has 4 rings (SSSR count). The van der Waals surface area contributed by atoms with Crippen molar-refractivity contribution in [2.75, 3.05) is 18.1 Å². The third-order valence-corrected chi connectivity index (χ3v) is 5.62. The molecular formula is C19H19N5O2S. The zero-order chi connectivity index (χ0) is 19.0. The van der Waals surface area contributed by atoms with Crippen molar-refractivity contribution in [3.63, 3.8) is 0 Å². The van der Waals surface area contributed by atoms with Crippen LogP contribution in [0, 0.1) is 6.92 Å². The summed E-state index contributed by atoms with van der Waals surface area (Å²) in [5.41, 5.74) is 2.76. The molecular weight excluding hydrogens is 362 g/mol. The lowest BCUT2D eigenvalue weighted by atomic mass is 10.2. The molecule has 0 saturated heterocycles. The van der Waals surface area contributed by atoms with Crippen molar-refractivity contribution < 1.29 is 8.42 Å². The van der Waals surface area contributed by atoms with E-state index in [0.717, 1.165) is 16.9 Å². The molecule has 0 aliphatic rings. The van der Waals surface area contributed by atoms with Gasteiger partial charge < -0.3 is 9.88 Å². The molecule has 0 bridgehead atoms. The first-order chi connectivity index (χ1) is 12.9. The maximum Gasteiger partial charge on any atom is 0.175 e. The van der Waals surface area contributed by atoms with Gasteiger partial charge in [0.05, 0.1) is 21.4 Å². The van der Waals surface area contributed by atoms with E-state index in [1.54, 1.807) is 18.2 Å². The molecule has 27 heavy (non-hydrogen) atoms. The molecule has 2 heterocycles. The number of rotatable bonds is 5. The van der Waals surface area contributed by atoms with E-state index >= 15 is 0 Å². The van der Waals surface area contributed by atoms with E-state index in [1.807, 2.05) is 31.2 Å². The molecule has 0 saturated carbocycles. The van der Waals surface area contributed by atoms with Gasteiger partial charge in [-0.1, -0.05) is 12.1 Å². The van der Waals surface area contributed by atoms with Crippen molar-refractivity contribution in [1.82, 2.24) is 19.5 Å². The quantitative estimate of drug-likeness (QED) is 0.572. The van der Waals surface area contributed by atoms with Crippen LogP contribution in [0.15, 0.2) is 53.7 Å². The standard InChI is InChI=1S/C19H19N5O2S/c1-13-23-17-5-3-4-6-18(17)24(13)10-9-20-19-15-11-14(27(2,25)26)7-8-16(15)21-12-22-19/h3-8,11-12H,9-10H2,1-2H3,(H,20,21,22). The number of nitrogens with one attached hydrogen (secondary N) is 1. The van der Waals surface area contributed by atoms with Gasteiger partial charge in [0.15, 0.2) is 9.84 Å². The van der Waals surface area contributed by atoms with Crippen LogP contribution in [0.25, 0.3) is 21.9 Å². The fourth-order valence-corrected chi connectivity index (χ4v) is 3.82. The highest BCUT2D eigenvalue weighted by atomic mass is 32.2. The average Bonchev–Trinajstić information content (AvgIpc) is 2.96. The zero-order valence-corrected chi connectivity index (χ0v) is 15.9. The van der Waals surface area contributed by atoms with Gasteiger partial charge in [-0.05, 0) is 37.3 Å². The number of imidazole rings is 1. The van der Waals surface area contributed by atoms with Gasteiger partial charge in [-0.2, -0.15) is 0 Å². The van der Waals surface area contributed by atoms with E-state index in [-0.39, 0.29) is 4.90 Å². The predicted octanol–water partition coefficient (Wildman–Crippen LogP) is 2.80. The Bertz CT molecular complexity index is 1250. The molecule has 0 radical (unpaired) electrons. The molecule has 2 aromatic carbocycles. The molecule has 0 fully saturated rings. The van der Waals surface area contributed by atoms with Crippen LogP contribution in [0.2, 0.25) is 0 Å². The molecule has 0 unspecified atom stereocenters. The molecule has 0 spiro atoms. The Labute approximate surface area is 157 Å². The minimum atomic E-state index is -3.29. The fraction of sp³-hybridized carbons (Fsp3) is 0.211. The summed E-state index contributed by atoms with van der Waals surface area (Å²) in [4.78, 5) is 13.3. The van der Waals surface area contributed by atoms with Gasteiger partial charge in [-0.15, -0.1) is 0 Å². The lowest BCUT2D eigenvalue weighted by molar-refractivity contribution is 0.602. The summed E-state index contributed by atoms with van der Waals surface area (Å²) < 4.78 is 25.8. The predicted molar refractivity (Wildman–Crippen MR) is 106 cm³/mol. The van der Waals surface area contributed by atoms with Crippen molar-refractivity contribution in [3.8, 4) is 0 Å². The molecule has 4 aromatic rings. The van der Waals surface area contributed by atoms with Crippen molar-refractivity contribution in [2.24, 2.45) is 0 Å². The average molecular weight is 381 g/mol. The van der Waals surface area contributed by atoms with Crippen LogP contribution in [0.4, 0.5) is 5.82 Å². The van der Waals surface area contributed by atoms with Crippen LogP contribution in [0.3, 0.4) is 0 Å². The third kappa shape index (κ3) is 3.35. The summed E-state index contributed by atoms with van der Waals surface area (Å²) in [5.74, 6) is 1.57. The smallest absolute Gasteiger partial charge is 0.175 e. The summed E-state index contributed by atoms with van der Waals surface area (Å²) in [5, 5.41) is 3.99. The first-order valence-electron chi connectivity index (χ1n) is 8.54. The second-order valence-electron chi connectivity index (χ2n) is 6.40. The van der Waals surface area contributed by atoms with E-state index in [0.29, 0.717) is 29.8 Å². The van der Waals surface area contributed by atoms with Crippen LogP contribution >= 0.6 is 0 Å². The minimum Gasteiger partial charge on any atom is -0.368 e. The van der Waals surface area contributed by atoms with E-state index in [4.69, 9.17) is 0 Å². The SMILES string of the molecule is Cc1nc2ccccc2n1CCNc1ncnc2ccc(S(C)(=O)=O)cc12. The number of aryl methyl sites for hydroxylation is 1. The Morgan fingerprint density at radius 2 is 1.89 bits per heavy atom. The minimum absolute atomic E-state index is 0.254. The lowest BCUT2D eigenvalue weighted by Crippen LogP contribution is -2.13. The summed E-state index contributed by atoms with van der Waals surface area (Å²) in [6.45, 7) is 3.32. The fourth-order valence-electron chi connectivity index (χ4n) is 3.17. The zero-order valence-electron chi connectivity index (χ0n) is 15.0. The third-order valence-electron chi connectivity index (χ3n) is 4.51. The van der Waals surface area contributed by atoms with Crippen LogP contribution in [-0.2, 0) is 16.4 Å². The maximum absolute atomic E-state index is 11.8. The number of anilines is 1. The van der Waals surface area contributed by atoms with Crippen molar-refractivity contribution in [1.29, 1.82) is 0 Å². The number of aromatic nitrogens is 4. The van der Waals surface area contributed by atoms with E-state index in [9.17, 15) is 8.42 Å². The lowest BCUT2D eigenvalue weighted by Gasteiger charge is -2.11. The van der Waals surface area contributed by atoms with Gasteiger partial charge in [0.1, 0.15) is 18.0 Å². The number of hydrogen-bond acceptors (Lipinski definition) is 6. The van der Waals surface area contributed by atoms with Gasteiger partial charge in [0.25, 0.3) is 0 Å². The van der Waals surface area contributed by atoms with Crippen molar-refractivity contribution in [2.45, 2.75) is 18.4 Å². The summed E-state index contributed by atoms with van der Waals surface area (Å²) in [7, 11) is -3.29. The molecule has 8 heteroatoms. The largest absolute Gasteiger partial charge is 0.368 e. The second-order valence-corrected chi connectivity index (χ2v) is 8.42. The summed E-state index contributed by atoms with van der Waals surface area (Å²) in [6.07, 6.45) is 2.67. The Morgan fingerprint density at radius 1 is 1.07 bits per heavy atom. The van der Waals surface area contributed by atoms with Gasteiger partial charge in [-0.25, -0.2) is 23.4 Å². The second kappa shape index (κ2) is 6.62. The van der Waals surface area contributed by atoms with Crippen molar-refractivity contribution in [3.05, 3.63) is 54.6 Å². The number of fused-ring (bicyclic) bond motifs is 2. The van der Waals surface area contributed by atoms with E-state index in [1.165, 1.54) is 12.6 Å². The van der Waals surface area contributed by atoms with Crippen molar-refractivity contribution >= 4 is 37.6 Å². The Hall–Kier alpha value is -3.00. The molecule has 1 N–H and O–H groups in total. The first-order valence-corrected chi connectivity index (χ1v) is 10.4. The highest BCUT2D eigenvalue weighted by Crippen LogP contribution is 2.23. The molecule has 0 aliphatic heterocycles. The van der Waals surface area contributed by atoms with Gasteiger partial charge in [-0.3, -0.25) is 0 Å². The maximum atomic E-state index is 11.8. The van der Waals surface area contributed by atoms with Gasteiger partial charge in [0.2, 0.25) is 0 Å². The van der Waals surface area contributed by atoms with Crippen LogP contribution < -0.4 is 5.32 Å². The Kier molecular flexibility index (Phi) is 4.27. The number of benzene rings is 2. The van der Waals surface area contributed by atoms with E-state index < -0.39 is 9.84 Å². The highest BCUT2D eigenvalue weighted by Gasteiger charge is 2.11. The number of sulfone groups is 1. The van der Waals surface area contributed by atoms with Gasteiger partial charge in [0, 0.05) is 24.7 Å². The van der Waals surface area contributed by atoms with Crippen LogP contribution in [-0.4, -0.2) is 40.7 Å². The van der Waals surface area contributed by atoms with Crippen LogP contribution in [0.1, 0.15) is 5.82 Å². The van der Waals surface area contributed by atoms with Crippen LogP contribution in [0.5, 0.6) is 0 Å². The normalized spacial score (nSPS) is 11.9. The topological polar surface area (TPSA) is 89.8 Å². The molecule has 0 atom stereocenters. The number of para-hydroxylation sites is 2. The monoisotopic (exact) mass is 381 g/mol. The number of nitrogens with zero attached hydrogens (tertiary/aromatic N) is 4. The first kappa shape index (κ1) is 17.4. The summed E-state index contributed by atoms with van der Waals surface area (Å²) >= 11 is 0. The molecule has 2 aromatic heterocycles. The van der Waals surface area contributed by atoms with Gasteiger partial charge >= 0.3 is 0 Å². The van der Waals surface area contributed by atoms with E-state index in [2.05, 4.69) is 24.8 Å². The molecule has 7 nitrogen and oxygen atoms in total. The molecule has 0 aliphatic carbocycles.